The molecule has 104 valence electrons. The van der Waals surface area contributed by atoms with Crippen LogP contribution in [0.2, 0.25) is 0 Å². The standard InChI is InChI=1S/C13H21N5S/c14-9-5-1-2-8-11-17-18-12(10-6-3-4-7-10)15-16-13(18)19-11/h10H,1-9,14H2. The Kier molecular flexibility index (Phi) is 4.08. The fourth-order valence-corrected chi connectivity index (χ4v) is 3.69. The Balaban J connectivity index is 1.70. The van der Waals surface area contributed by atoms with Crippen LogP contribution in [0.4, 0.5) is 0 Å². The van der Waals surface area contributed by atoms with Crippen LogP contribution in [-0.4, -0.2) is 26.4 Å². The summed E-state index contributed by atoms with van der Waals surface area (Å²) in [6, 6.07) is 0. The van der Waals surface area contributed by atoms with Crippen molar-refractivity contribution in [3.8, 4) is 0 Å². The third-order valence-electron chi connectivity index (χ3n) is 3.87. The van der Waals surface area contributed by atoms with Gasteiger partial charge in [0, 0.05) is 12.3 Å². The zero-order chi connectivity index (χ0) is 13.1. The number of nitrogens with two attached hydrogens (primary N) is 1. The van der Waals surface area contributed by atoms with E-state index in [9.17, 15) is 0 Å². The van der Waals surface area contributed by atoms with Gasteiger partial charge in [0.25, 0.3) is 0 Å². The molecular formula is C13H21N5S. The topological polar surface area (TPSA) is 69.1 Å². The third-order valence-corrected chi connectivity index (χ3v) is 4.83. The Morgan fingerprint density at radius 1 is 1.16 bits per heavy atom. The molecule has 1 fully saturated rings. The second kappa shape index (κ2) is 5.96. The largest absolute Gasteiger partial charge is 0.330 e. The van der Waals surface area contributed by atoms with Crippen molar-refractivity contribution in [2.24, 2.45) is 5.73 Å². The zero-order valence-corrected chi connectivity index (χ0v) is 12.0. The minimum Gasteiger partial charge on any atom is -0.330 e. The predicted molar refractivity (Wildman–Crippen MR) is 76.5 cm³/mol. The first-order valence-corrected chi connectivity index (χ1v) is 8.11. The van der Waals surface area contributed by atoms with E-state index in [1.54, 1.807) is 11.3 Å². The summed E-state index contributed by atoms with van der Waals surface area (Å²) in [6.45, 7) is 0.789. The van der Waals surface area contributed by atoms with Gasteiger partial charge in [-0.1, -0.05) is 30.6 Å². The molecule has 19 heavy (non-hydrogen) atoms. The molecule has 0 amide bonds. The fourth-order valence-electron chi connectivity index (χ4n) is 2.81. The molecule has 1 aliphatic rings. The molecule has 1 saturated carbocycles. The highest BCUT2D eigenvalue weighted by molar-refractivity contribution is 7.16. The molecule has 0 radical (unpaired) electrons. The summed E-state index contributed by atoms with van der Waals surface area (Å²) >= 11 is 1.68. The van der Waals surface area contributed by atoms with Gasteiger partial charge < -0.3 is 5.73 Å². The summed E-state index contributed by atoms with van der Waals surface area (Å²) in [5.41, 5.74) is 5.51. The Labute approximate surface area is 117 Å². The predicted octanol–water partition coefficient (Wildman–Crippen LogP) is 2.51. The first kappa shape index (κ1) is 13.0. The number of fused-ring (bicyclic) bond motifs is 1. The molecule has 0 saturated heterocycles. The molecule has 2 aromatic heterocycles. The minimum atomic E-state index is 0.571. The van der Waals surface area contributed by atoms with Gasteiger partial charge >= 0.3 is 0 Å². The number of aromatic nitrogens is 4. The molecule has 0 unspecified atom stereocenters. The van der Waals surface area contributed by atoms with Crippen LogP contribution in [0.25, 0.3) is 4.96 Å². The highest BCUT2D eigenvalue weighted by atomic mass is 32.1. The molecule has 0 bridgehead atoms. The monoisotopic (exact) mass is 279 g/mol. The number of hydrogen-bond acceptors (Lipinski definition) is 5. The molecule has 1 aliphatic carbocycles. The van der Waals surface area contributed by atoms with E-state index in [0.717, 1.165) is 30.2 Å². The van der Waals surface area contributed by atoms with Crippen molar-refractivity contribution in [1.82, 2.24) is 19.8 Å². The van der Waals surface area contributed by atoms with Crippen LogP contribution >= 0.6 is 11.3 Å². The van der Waals surface area contributed by atoms with Gasteiger partial charge in [-0.2, -0.15) is 9.61 Å². The zero-order valence-electron chi connectivity index (χ0n) is 11.2. The van der Waals surface area contributed by atoms with Gasteiger partial charge in [0.2, 0.25) is 4.96 Å². The van der Waals surface area contributed by atoms with Crippen LogP contribution in [0.15, 0.2) is 0 Å². The van der Waals surface area contributed by atoms with Crippen LogP contribution < -0.4 is 5.73 Å². The third kappa shape index (κ3) is 2.79. The average molecular weight is 279 g/mol. The first-order chi connectivity index (χ1) is 9.38. The van der Waals surface area contributed by atoms with E-state index in [2.05, 4.69) is 10.2 Å². The van der Waals surface area contributed by atoms with Crippen molar-refractivity contribution in [3.05, 3.63) is 10.8 Å². The van der Waals surface area contributed by atoms with Crippen molar-refractivity contribution >= 4 is 16.3 Å². The van der Waals surface area contributed by atoms with Gasteiger partial charge in [-0.25, -0.2) is 0 Å². The lowest BCUT2D eigenvalue weighted by Crippen LogP contribution is -2.02. The summed E-state index contributed by atoms with van der Waals surface area (Å²) in [5, 5.41) is 14.5. The van der Waals surface area contributed by atoms with Gasteiger partial charge in [0.05, 0.1) is 0 Å². The number of hydrogen-bond donors (Lipinski definition) is 1. The van der Waals surface area contributed by atoms with Crippen molar-refractivity contribution < 1.29 is 0 Å². The van der Waals surface area contributed by atoms with Crippen LogP contribution in [-0.2, 0) is 6.42 Å². The van der Waals surface area contributed by atoms with E-state index in [1.165, 1.54) is 43.5 Å². The van der Waals surface area contributed by atoms with Gasteiger partial charge in [-0.15, -0.1) is 10.2 Å². The number of rotatable bonds is 6. The molecular weight excluding hydrogens is 258 g/mol. The quantitative estimate of drug-likeness (QED) is 0.825. The Morgan fingerprint density at radius 2 is 2.00 bits per heavy atom. The molecule has 2 heterocycles. The van der Waals surface area contributed by atoms with Crippen LogP contribution in [0.1, 0.15) is 61.7 Å². The molecule has 0 aromatic carbocycles. The van der Waals surface area contributed by atoms with E-state index in [1.807, 2.05) is 4.52 Å². The smallest absolute Gasteiger partial charge is 0.234 e. The second-order valence-electron chi connectivity index (χ2n) is 5.33. The second-order valence-corrected chi connectivity index (χ2v) is 6.37. The average Bonchev–Trinajstić information content (AvgIpc) is 3.09. The maximum absolute atomic E-state index is 5.51. The summed E-state index contributed by atoms with van der Waals surface area (Å²) in [7, 11) is 0. The molecule has 2 aromatic rings. The maximum atomic E-state index is 5.51. The normalized spacial score (nSPS) is 16.7. The van der Waals surface area contributed by atoms with Gasteiger partial charge in [0.1, 0.15) is 5.01 Å². The molecule has 6 heteroatoms. The van der Waals surface area contributed by atoms with Gasteiger partial charge in [0.15, 0.2) is 5.82 Å². The van der Waals surface area contributed by atoms with E-state index in [0.29, 0.717) is 5.92 Å². The Bertz CT molecular complexity index is 526. The molecule has 2 N–H and O–H groups in total. The van der Waals surface area contributed by atoms with Crippen molar-refractivity contribution in [2.75, 3.05) is 6.54 Å². The maximum Gasteiger partial charge on any atom is 0.234 e. The lowest BCUT2D eigenvalue weighted by Gasteiger charge is -2.03. The molecule has 3 rings (SSSR count). The van der Waals surface area contributed by atoms with Crippen LogP contribution in [0, 0.1) is 0 Å². The molecule has 0 atom stereocenters. The summed E-state index contributed by atoms with van der Waals surface area (Å²) < 4.78 is 1.99. The lowest BCUT2D eigenvalue weighted by atomic mass is 10.1. The van der Waals surface area contributed by atoms with Crippen LogP contribution in [0.3, 0.4) is 0 Å². The Morgan fingerprint density at radius 3 is 2.79 bits per heavy atom. The highest BCUT2D eigenvalue weighted by Gasteiger charge is 2.23. The first-order valence-electron chi connectivity index (χ1n) is 7.29. The summed E-state index contributed by atoms with van der Waals surface area (Å²) in [4.78, 5) is 0.954. The number of unbranched alkanes of at least 4 members (excludes halogenated alkanes) is 2. The highest BCUT2D eigenvalue weighted by Crippen LogP contribution is 2.33. The molecule has 5 nitrogen and oxygen atoms in total. The molecule has 0 spiro atoms. The van der Waals surface area contributed by atoms with Crippen molar-refractivity contribution in [3.63, 3.8) is 0 Å². The summed E-state index contributed by atoms with van der Waals surface area (Å²) in [6.07, 6.45) is 9.61. The van der Waals surface area contributed by atoms with Crippen molar-refractivity contribution in [1.29, 1.82) is 0 Å². The lowest BCUT2D eigenvalue weighted by molar-refractivity contribution is 0.632. The fraction of sp³-hybridized carbons (Fsp3) is 0.769. The van der Waals surface area contributed by atoms with Crippen LogP contribution in [0.5, 0.6) is 0 Å². The van der Waals surface area contributed by atoms with Gasteiger partial charge in [-0.3, -0.25) is 0 Å². The van der Waals surface area contributed by atoms with E-state index in [4.69, 9.17) is 10.8 Å². The minimum absolute atomic E-state index is 0.571. The van der Waals surface area contributed by atoms with Crippen molar-refractivity contribution in [2.45, 2.75) is 57.3 Å². The van der Waals surface area contributed by atoms with E-state index in [-0.39, 0.29) is 0 Å². The SMILES string of the molecule is NCCCCCc1nn2c(C3CCCC3)nnc2s1. The van der Waals surface area contributed by atoms with E-state index < -0.39 is 0 Å². The van der Waals surface area contributed by atoms with Gasteiger partial charge in [-0.05, 0) is 32.2 Å². The number of nitrogens with zero attached hydrogens (tertiary/aromatic N) is 4. The van der Waals surface area contributed by atoms with E-state index >= 15 is 0 Å². The number of aryl methyl sites for hydroxylation is 1. The molecule has 0 aliphatic heterocycles. The Hall–Kier alpha value is -1.01. The summed E-state index contributed by atoms with van der Waals surface area (Å²) in [5.74, 6) is 1.65.